The number of benzene rings is 2. The van der Waals surface area contributed by atoms with E-state index in [4.69, 9.17) is 9.15 Å². The van der Waals surface area contributed by atoms with Gasteiger partial charge in [0.15, 0.2) is 6.61 Å². The minimum atomic E-state index is -0.611. The SMILES string of the molecule is O=C(COC(=O)/C=C/c1ccco1)Nc1ccc2ccccc2c1. The summed E-state index contributed by atoms with van der Waals surface area (Å²) in [5.74, 6) is -0.474. The van der Waals surface area contributed by atoms with Crippen LogP contribution in [0, 0.1) is 0 Å². The Morgan fingerprint density at radius 3 is 2.67 bits per heavy atom. The molecule has 0 saturated carbocycles. The zero-order chi connectivity index (χ0) is 16.8. The predicted molar refractivity (Wildman–Crippen MR) is 91.3 cm³/mol. The summed E-state index contributed by atoms with van der Waals surface area (Å²) in [5.41, 5.74) is 0.654. The van der Waals surface area contributed by atoms with Crippen LogP contribution in [0.3, 0.4) is 0 Å². The van der Waals surface area contributed by atoms with Gasteiger partial charge in [-0.05, 0) is 41.1 Å². The number of rotatable bonds is 5. The molecule has 120 valence electrons. The molecular formula is C19H15NO4. The van der Waals surface area contributed by atoms with Crippen LogP contribution in [0.15, 0.2) is 71.4 Å². The fourth-order valence-corrected chi connectivity index (χ4v) is 2.19. The molecule has 1 amide bonds. The normalized spacial score (nSPS) is 10.8. The maximum atomic E-state index is 11.9. The van der Waals surface area contributed by atoms with Gasteiger partial charge in [0.25, 0.3) is 5.91 Å². The molecule has 24 heavy (non-hydrogen) atoms. The first-order valence-corrected chi connectivity index (χ1v) is 7.38. The topological polar surface area (TPSA) is 68.5 Å². The van der Waals surface area contributed by atoms with Crippen molar-refractivity contribution in [3.63, 3.8) is 0 Å². The lowest BCUT2D eigenvalue weighted by atomic mass is 10.1. The molecule has 0 aliphatic rings. The van der Waals surface area contributed by atoms with Crippen molar-refractivity contribution >= 4 is 34.4 Å². The standard InChI is InChI=1S/C19H15NO4/c21-18(13-24-19(22)10-9-17-6-3-11-23-17)20-16-8-7-14-4-1-2-5-15(14)12-16/h1-12H,13H2,(H,20,21)/b10-9+. The maximum Gasteiger partial charge on any atom is 0.331 e. The summed E-state index contributed by atoms with van der Waals surface area (Å²) in [5, 5.41) is 4.81. The van der Waals surface area contributed by atoms with E-state index in [1.807, 2.05) is 36.4 Å². The number of hydrogen-bond donors (Lipinski definition) is 1. The molecule has 0 radical (unpaired) electrons. The maximum absolute atomic E-state index is 11.9. The Morgan fingerprint density at radius 1 is 1.04 bits per heavy atom. The van der Waals surface area contributed by atoms with Crippen molar-refractivity contribution < 1.29 is 18.7 Å². The van der Waals surface area contributed by atoms with E-state index in [1.54, 1.807) is 18.2 Å². The van der Waals surface area contributed by atoms with E-state index in [9.17, 15) is 9.59 Å². The summed E-state index contributed by atoms with van der Waals surface area (Å²) in [6.45, 7) is -0.353. The van der Waals surface area contributed by atoms with E-state index in [-0.39, 0.29) is 6.61 Å². The number of carbonyl (C=O) groups excluding carboxylic acids is 2. The average molecular weight is 321 g/mol. The second-order valence-electron chi connectivity index (χ2n) is 5.07. The van der Waals surface area contributed by atoms with Gasteiger partial charge in [-0.1, -0.05) is 30.3 Å². The summed E-state index contributed by atoms with van der Waals surface area (Å²) in [4.78, 5) is 23.4. The van der Waals surface area contributed by atoms with Crippen molar-refractivity contribution in [2.75, 3.05) is 11.9 Å². The highest BCUT2D eigenvalue weighted by atomic mass is 16.5. The lowest BCUT2D eigenvalue weighted by Crippen LogP contribution is -2.20. The minimum Gasteiger partial charge on any atom is -0.465 e. The number of fused-ring (bicyclic) bond motifs is 1. The van der Waals surface area contributed by atoms with Crippen molar-refractivity contribution in [3.8, 4) is 0 Å². The van der Waals surface area contributed by atoms with E-state index >= 15 is 0 Å². The summed E-state index contributed by atoms with van der Waals surface area (Å²) < 4.78 is 9.93. The second-order valence-corrected chi connectivity index (χ2v) is 5.07. The molecular weight excluding hydrogens is 306 g/mol. The van der Waals surface area contributed by atoms with Crippen LogP contribution >= 0.6 is 0 Å². The number of esters is 1. The molecule has 3 aromatic rings. The summed E-state index contributed by atoms with van der Waals surface area (Å²) in [6, 6.07) is 16.8. The molecule has 0 spiro atoms. The van der Waals surface area contributed by atoms with Gasteiger partial charge in [-0.2, -0.15) is 0 Å². The van der Waals surface area contributed by atoms with Crippen LogP contribution < -0.4 is 5.32 Å². The average Bonchev–Trinajstić information content (AvgIpc) is 3.11. The summed E-state index contributed by atoms with van der Waals surface area (Å²) in [7, 11) is 0. The zero-order valence-corrected chi connectivity index (χ0v) is 12.8. The van der Waals surface area contributed by atoms with Crippen LogP contribution in [0.1, 0.15) is 5.76 Å². The largest absolute Gasteiger partial charge is 0.465 e. The van der Waals surface area contributed by atoms with Gasteiger partial charge in [-0.25, -0.2) is 4.79 Å². The molecule has 0 aliphatic carbocycles. The quantitative estimate of drug-likeness (QED) is 0.575. The fraction of sp³-hybridized carbons (Fsp3) is 0.0526. The first-order chi connectivity index (χ1) is 11.7. The van der Waals surface area contributed by atoms with Crippen LogP contribution in [0.5, 0.6) is 0 Å². The van der Waals surface area contributed by atoms with Gasteiger partial charge in [0, 0.05) is 11.8 Å². The molecule has 5 nitrogen and oxygen atoms in total. The van der Waals surface area contributed by atoms with Crippen LogP contribution in [0.4, 0.5) is 5.69 Å². The second kappa shape index (κ2) is 7.28. The Balaban J connectivity index is 1.52. The third-order valence-corrected chi connectivity index (χ3v) is 3.31. The van der Waals surface area contributed by atoms with Crippen molar-refractivity contribution in [2.45, 2.75) is 0 Å². The van der Waals surface area contributed by atoms with Gasteiger partial charge >= 0.3 is 5.97 Å². The smallest absolute Gasteiger partial charge is 0.331 e. The van der Waals surface area contributed by atoms with Crippen molar-refractivity contribution in [1.82, 2.24) is 0 Å². The molecule has 1 heterocycles. The van der Waals surface area contributed by atoms with Crippen molar-refractivity contribution in [2.24, 2.45) is 0 Å². The highest BCUT2D eigenvalue weighted by Gasteiger charge is 2.06. The highest BCUT2D eigenvalue weighted by molar-refractivity contribution is 5.96. The van der Waals surface area contributed by atoms with Gasteiger partial charge in [0.05, 0.1) is 6.26 Å². The molecule has 0 bridgehead atoms. The first-order valence-electron chi connectivity index (χ1n) is 7.38. The molecule has 0 atom stereocenters. The number of amides is 1. The number of ether oxygens (including phenoxy) is 1. The molecule has 5 heteroatoms. The van der Waals surface area contributed by atoms with Gasteiger partial charge < -0.3 is 14.5 Å². The van der Waals surface area contributed by atoms with Gasteiger partial charge in [0.2, 0.25) is 0 Å². The third-order valence-electron chi connectivity index (χ3n) is 3.31. The Kier molecular flexibility index (Phi) is 4.72. The monoisotopic (exact) mass is 321 g/mol. The first kappa shape index (κ1) is 15.6. The highest BCUT2D eigenvalue weighted by Crippen LogP contribution is 2.18. The van der Waals surface area contributed by atoms with E-state index in [1.165, 1.54) is 18.4 Å². The van der Waals surface area contributed by atoms with Gasteiger partial charge in [0.1, 0.15) is 5.76 Å². The Bertz CT molecular complexity index is 881. The lowest BCUT2D eigenvalue weighted by Gasteiger charge is -2.06. The fourth-order valence-electron chi connectivity index (χ4n) is 2.19. The van der Waals surface area contributed by atoms with Crippen molar-refractivity contribution in [1.29, 1.82) is 0 Å². The molecule has 0 saturated heterocycles. The summed E-state index contributed by atoms with van der Waals surface area (Å²) in [6.07, 6.45) is 4.19. The third kappa shape index (κ3) is 4.10. The number of nitrogens with one attached hydrogen (secondary N) is 1. The molecule has 2 aromatic carbocycles. The van der Waals surface area contributed by atoms with Crippen molar-refractivity contribution in [3.05, 3.63) is 72.7 Å². The van der Waals surface area contributed by atoms with Crippen LogP contribution in [-0.4, -0.2) is 18.5 Å². The van der Waals surface area contributed by atoms with E-state index in [2.05, 4.69) is 5.32 Å². The van der Waals surface area contributed by atoms with Gasteiger partial charge in [-0.15, -0.1) is 0 Å². The van der Waals surface area contributed by atoms with Crippen LogP contribution in [0.25, 0.3) is 16.8 Å². The number of carbonyl (C=O) groups is 2. The van der Waals surface area contributed by atoms with Gasteiger partial charge in [-0.3, -0.25) is 4.79 Å². The molecule has 0 fully saturated rings. The molecule has 0 unspecified atom stereocenters. The molecule has 1 aromatic heterocycles. The molecule has 3 rings (SSSR count). The Hall–Kier alpha value is -3.34. The van der Waals surface area contributed by atoms with E-state index in [0.717, 1.165) is 10.8 Å². The lowest BCUT2D eigenvalue weighted by molar-refractivity contribution is -0.142. The number of furan rings is 1. The Morgan fingerprint density at radius 2 is 1.88 bits per heavy atom. The van der Waals surface area contributed by atoms with Crippen LogP contribution in [-0.2, 0) is 14.3 Å². The molecule has 0 aliphatic heterocycles. The minimum absolute atomic E-state index is 0.353. The summed E-state index contributed by atoms with van der Waals surface area (Å²) >= 11 is 0. The van der Waals surface area contributed by atoms with Crippen LogP contribution in [0.2, 0.25) is 0 Å². The number of hydrogen-bond acceptors (Lipinski definition) is 4. The predicted octanol–water partition coefficient (Wildman–Crippen LogP) is 3.63. The molecule has 1 N–H and O–H groups in total. The Labute approximate surface area is 138 Å². The number of anilines is 1. The van der Waals surface area contributed by atoms with E-state index in [0.29, 0.717) is 11.4 Å². The zero-order valence-electron chi connectivity index (χ0n) is 12.8. The van der Waals surface area contributed by atoms with E-state index < -0.39 is 11.9 Å².